The largest absolute Gasteiger partial charge is 0.490 e. The first-order valence-corrected chi connectivity index (χ1v) is 11.4. The number of rotatable bonds is 10. The monoisotopic (exact) mass is 517 g/mol. The number of carboxylic acids is 1. The molecule has 0 bridgehead atoms. The number of hydrogen-bond donors (Lipinski definition) is 2. The molecular formula is C22H19N3O8S2. The summed E-state index contributed by atoms with van der Waals surface area (Å²) in [5, 5.41) is 20.6. The Bertz CT molecular complexity index is 1230. The number of thioether (sulfide) groups is 1. The molecule has 1 aliphatic heterocycles. The van der Waals surface area contributed by atoms with Crippen LogP contribution >= 0.6 is 24.0 Å². The van der Waals surface area contributed by atoms with Gasteiger partial charge in [-0.25, -0.2) is 0 Å². The lowest BCUT2D eigenvalue weighted by Crippen LogP contribution is -2.44. The van der Waals surface area contributed by atoms with E-state index in [-0.39, 0.29) is 33.5 Å². The summed E-state index contributed by atoms with van der Waals surface area (Å²) in [5.74, 6) is -1.55. The third-order valence-corrected chi connectivity index (χ3v) is 5.77. The van der Waals surface area contributed by atoms with Gasteiger partial charge in [0.2, 0.25) is 0 Å². The molecule has 1 fully saturated rings. The van der Waals surface area contributed by atoms with E-state index in [0.29, 0.717) is 23.7 Å². The van der Waals surface area contributed by atoms with E-state index in [9.17, 15) is 24.5 Å². The quantitative estimate of drug-likeness (QED) is 0.208. The predicted molar refractivity (Wildman–Crippen MR) is 131 cm³/mol. The summed E-state index contributed by atoms with van der Waals surface area (Å²) >= 11 is 6.19. The molecule has 1 heterocycles. The molecular weight excluding hydrogens is 498 g/mol. The topological polar surface area (TPSA) is 148 Å². The predicted octanol–water partition coefficient (Wildman–Crippen LogP) is 3.39. The first-order valence-electron chi connectivity index (χ1n) is 10.1. The molecule has 0 aromatic heterocycles. The summed E-state index contributed by atoms with van der Waals surface area (Å²) < 4.78 is 11.1. The smallest absolute Gasteiger partial charge is 0.306 e. The fourth-order valence-corrected chi connectivity index (χ4v) is 4.07. The number of nitro groups is 1. The van der Waals surface area contributed by atoms with Crippen LogP contribution < -0.4 is 14.9 Å². The highest BCUT2D eigenvalue weighted by atomic mass is 32.2. The van der Waals surface area contributed by atoms with Gasteiger partial charge in [0.1, 0.15) is 0 Å². The molecule has 11 nitrogen and oxygen atoms in total. The highest BCUT2D eigenvalue weighted by Gasteiger charge is 2.34. The molecule has 13 heteroatoms. The Morgan fingerprint density at radius 1 is 1.23 bits per heavy atom. The number of nitrogens with zero attached hydrogens (tertiary/aromatic N) is 2. The number of aliphatic carboxylic acids is 1. The molecule has 0 atom stereocenters. The van der Waals surface area contributed by atoms with Crippen LogP contribution in [0.3, 0.4) is 0 Å². The summed E-state index contributed by atoms with van der Waals surface area (Å²) in [6, 6.07) is 9.98. The molecule has 2 aromatic carbocycles. The highest BCUT2D eigenvalue weighted by molar-refractivity contribution is 8.26. The second-order valence-corrected chi connectivity index (χ2v) is 8.57. The number of thiocarbonyl (C=S) groups is 1. The van der Waals surface area contributed by atoms with Crippen LogP contribution in [0.4, 0.5) is 5.69 Å². The fourth-order valence-electron chi connectivity index (χ4n) is 2.89. The number of nitrogens with one attached hydrogen (secondary N) is 1. The zero-order chi connectivity index (χ0) is 25.5. The number of carbonyl (C=O) groups excluding carboxylic acids is 2. The van der Waals surface area contributed by atoms with Gasteiger partial charge in [-0.15, -0.1) is 0 Å². The summed E-state index contributed by atoms with van der Waals surface area (Å²) in [5.41, 5.74) is 2.70. The zero-order valence-corrected chi connectivity index (χ0v) is 19.9. The lowest BCUT2D eigenvalue weighted by molar-refractivity contribution is -0.384. The van der Waals surface area contributed by atoms with Gasteiger partial charge in [0.15, 0.2) is 15.8 Å². The summed E-state index contributed by atoms with van der Waals surface area (Å²) in [7, 11) is 0. The van der Waals surface area contributed by atoms with Crippen LogP contribution in [-0.4, -0.2) is 50.4 Å². The van der Waals surface area contributed by atoms with Crippen LogP contribution in [0, 0.1) is 10.1 Å². The number of nitro benzene ring substituents is 1. The van der Waals surface area contributed by atoms with Gasteiger partial charge in [0.05, 0.1) is 29.5 Å². The van der Waals surface area contributed by atoms with Crippen LogP contribution in [0.1, 0.15) is 29.3 Å². The van der Waals surface area contributed by atoms with Crippen molar-refractivity contribution in [1.82, 2.24) is 10.4 Å². The molecule has 0 spiro atoms. The lowest BCUT2D eigenvalue weighted by Gasteiger charge is -2.15. The van der Waals surface area contributed by atoms with Crippen molar-refractivity contribution in [2.24, 2.45) is 0 Å². The maximum atomic E-state index is 12.9. The van der Waals surface area contributed by atoms with Gasteiger partial charge in [-0.05, 0) is 49.0 Å². The standard InChI is InChI=1S/C22H19N3O8S2/c1-2-32-17-10-13(6-7-16(17)33-9-8-19(26)27)11-18-21(29)24(22(34)35-18)23-20(28)14-4-3-5-15(12-14)25(30)31/h3-7,10-12H,2,8-9H2,1H3,(H,23,28)(H,26,27)/b18-11+. The third kappa shape index (κ3) is 6.55. The maximum Gasteiger partial charge on any atom is 0.306 e. The Morgan fingerprint density at radius 2 is 2.00 bits per heavy atom. The van der Waals surface area contributed by atoms with Crippen molar-refractivity contribution in [3.8, 4) is 11.5 Å². The van der Waals surface area contributed by atoms with Gasteiger partial charge in [0.25, 0.3) is 17.5 Å². The SMILES string of the molecule is CCOc1cc(/C=C2/SC(=S)N(NC(=O)c3cccc([N+](=O)[O-])c3)C2=O)ccc1OCCC(=O)O. The van der Waals surface area contributed by atoms with E-state index in [1.54, 1.807) is 31.2 Å². The van der Waals surface area contributed by atoms with Crippen molar-refractivity contribution in [3.63, 3.8) is 0 Å². The lowest BCUT2D eigenvalue weighted by atomic mass is 10.2. The second-order valence-electron chi connectivity index (χ2n) is 6.90. The Labute approximate surface area is 208 Å². The van der Waals surface area contributed by atoms with Gasteiger partial charge in [-0.2, -0.15) is 5.01 Å². The number of carboxylic acid groups (broad SMARTS) is 1. The van der Waals surface area contributed by atoms with Crippen LogP contribution in [0.5, 0.6) is 11.5 Å². The number of amides is 2. The van der Waals surface area contributed by atoms with E-state index in [1.807, 2.05) is 0 Å². The number of non-ortho nitro benzene ring substituents is 1. The van der Waals surface area contributed by atoms with Crippen molar-refractivity contribution in [2.45, 2.75) is 13.3 Å². The molecule has 1 saturated heterocycles. The molecule has 182 valence electrons. The van der Waals surface area contributed by atoms with Gasteiger partial charge in [-0.3, -0.25) is 29.9 Å². The second kappa shape index (κ2) is 11.4. The minimum Gasteiger partial charge on any atom is -0.490 e. The van der Waals surface area contributed by atoms with Crippen LogP contribution in [0.2, 0.25) is 0 Å². The third-order valence-electron chi connectivity index (χ3n) is 4.47. The number of hydrogen-bond acceptors (Lipinski definition) is 9. The van der Waals surface area contributed by atoms with Gasteiger partial charge >= 0.3 is 5.97 Å². The summed E-state index contributed by atoms with van der Waals surface area (Å²) in [4.78, 5) is 46.6. The van der Waals surface area contributed by atoms with Crippen molar-refractivity contribution in [3.05, 3.63) is 68.6 Å². The number of ether oxygens (including phenoxy) is 2. The first kappa shape index (κ1) is 25.6. The van der Waals surface area contributed by atoms with E-state index in [4.69, 9.17) is 26.8 Å². The molecule has 0 aliphatic carbocycles. The van der Waals surface area contributed by atoms with Gasteiger partial charge in [0, 0.05) is 17.7 Å². The van der Waals surface area contributed by atoms with E-state index < -0.39 is 22.7 Å². The van der Waals surface area contributed by atoms with Crippen molar-refractivity contribution < 1.29 is 33.9 Å². The summed E-state index contributed by atoms with van der Waals surface area (Å²) in [6.45, 7) is 2.09. The van der Waals surface area contributed by atoms with Crippen LogP contribution in [0.25, 0.3) is 6.08 Å². The number of carbonyl (C=O) groups is 3. The first-order chi connectivity index (χ1) is 16.7. The molecule has 2 amide bonds. The Balaban J connectivity index is 1.76. The number of hydrazine groups is 1. The average molecular weight is 518 g/mol. The molecule has 0 saturated carbocycles. The van der Waals surface area contributed by atoms with Crippen molar-refractivity contribution in [1.29, 1.82) is 0 Å². The molecule has 1 aliphatic rings. The molecule has 2 aromatic rings. The Hall–Kier alpha value is -3.97. The fraction of sp³-hybridized carbons (Fsp3) is 0.182. The Morgan fingerprint density at radius 3 is 2.69 bits per heavy atom. The van der Waals surface area contributed by atoms with Crippen LogP contribution in [0.15, 0.2) is 47.4 Å². The van der Waals surface area contributed by atoms with E-state index in [0.717, 1.165) is 22.8 Å². The van der Waals surface area contributed by atoms with Gasteiger partial charge < -0.3 is 14.6 Å². The van der Waals surface area contributed by atoms with Gasteiger partial charge in [-0.1, -0.05) is 23.9 Å². The molecule has 35 heavy (non-hydrogen) atoms. The minimum atomic E-state index is -0.987. The summed E-state index contributed by atoms with van der Waals surface area (Å²) in [6.07, 6.45) is 1.39. The van der Waals surface area contributed by atoms with Crippen LogP contribution in [-0.2, 0) is 9.59 Å². The number of benzene rings is 2. The van der Waals surface area contributed by atoms with Crippen molar-refractivity contribution in [2.75, 3.05) is 13.2 Å². The van der Waals surface area contributed by atoms with Crippen molar-refractivity contribution >= 4 is 57.8 Å². The minimum absolute atomic E-state index is 0.00271. The molecule has 0 radical (unpaired) electrons. The van der Waals surface area contributed by atoms with E-state index in [2.05, 4.69) is 5.43 Å². The molecule has 3 rings (SSSR count). The molecule has 2 N–H and O–H groups in total. The average Bonchev–Trinajstić information content (AvgIpc) is 3.07. The highest BCUT2D eigenvalue weighted by Crippen LogP contribution is 2.34. The molecule has 0 unspecified atom stereocenters. The normalized spacial score (nSPS) is 14.2. The maximum absolute atomic E-state index is 12.9. The zero-order valence-electron chi connectivity index (χ0n) is 18.3. The Kier molecular flexibility index (Phi) is 8.39. The van der Waals surface area contributed by atoms with E-state index >= 15 is 0 Å². The van der Waals surface area contributed by atoms with E-state index in [1.165, 1.54) is 18.2 Å².